The summed E-state index contributed by atoms with van der Waals surface area (Å²) in [5, 5.41) is 9.97. The van der Waals surface area contributed by atoms with Crippen LogP contribution in [-0.4, -0.2) is 22.0 Å². The van der Waals surface area contributed by atoms with Gasteiger partial charge in [-0.15, -0.1) is 0 Å². The number of benzene rings is 1. The lowest BCUT2D eigenvalue weighted by atomic mass is 10.1. The molecule has 0 radical (unpaired) electrons. The second-order valence-corrected chi connectivity index (χ2v) is 5.66. The zero-order chi connectivity index (χ0) is 15.6. The van der Waals surface area contributed by atoms with Gasteiger partial charge in [-0.3, -0.25) is 5.10 Å². The second kappa shape index (κ2) is 6.27. The molecule has 1 aromatic carbocycles. The molecule has 0 aliphatic carbocycles. The third-order valence-corrected chi connectivity index (χ3v) is 4.62. The first kappa shape index (κ1) is 15.5. The molecule has 0 bridgehead atoms. The molecule has 9 heteroatoms. The summed E-state index contributed by atoms with van der Waals surface area (Å²) in [5.41, 5.74) is 13.6. The molecule has 0 amide bonds. The minimum atomic E-state index is -0.742. The Bertz CT molecular complexity index is 726. The van der Waals surface area contributed by atoms with Gasteiger partial charge in [0.1, 0.15) is 4.60 Å². The number of carbonyl (C=O) groups is 1. The number of nitrogens with zero attached hydrogens (tertiary/aromatic N) is 2. The number of carbonyl (C=O) groups excluding carboxylic acids is 1. The van der Waals surface area contributed by atoms with Crippen LogP contribution in [0.2, 0.25) is 0 Å². The number of nitrogens with one attached hydrogen (secondary N) is 1. The van der Waals surface area contributed by atoms with Crippen LogP contribution in [0.5, 0.6) is 0 Å². The highest BCUT2D eigenvalue weighted by molar-refractivity contribution is 9.13. The molecule has 0 fully saturated rings. The Balaban J connectivity index is 2.19. The molecule has 0 spiro atoms. The summed E-state index contributed by atoms with van der Waals surface area (Å²) in [4.78, 5) is 16.6. The van der Waals surface area contributed by atoms with Gasteiger partial charge in [0.15, 0.2) is 11.5 Å². The maximum Gasteiger partial charge on any atom is 0.387 e. The molecular formula is C12H11Br2N5O2. The van der Waals surface area contributed by atoms with E-state index in [1.165, 1.54) is 0 Å². The molecule has 0 saturated carbocycles. The fourth-order valence-corrected chi connectivity index (χ4v) is 2.17. The Morgan fingerprint density at radius 2 is 2.14 bits per heavy atom. The molecule has 2 aromatic rings. The van der Waals surface area contributed by atoms with Crippen LogP contribution in [0.3, 0.4) is 0 Å². The maximum absolute atomic E-state index is 11.8. The van der Waals surface area contributed by atoms with E-state index in [9.17, 15) is 4.79 Å². The number of amidine groups is 1. The van der Waals surface area contributed by atoms with Gasteiger partial charge in [0.2, 0.25) is 0 Å². The van der Waals surface area contributed by atoms with Crippen molar-refractivity contribution in [3.63, 3.8) is 0 Å². The smallest absolute Gasteiger partial charge is 0.387 e. The van der Waals surface area contributed by atoms with E-state index in [1.807, 2.05) is 0 Å². The molecule has 1 heterocycles. The monoisotopic (exact) mass is 415 g/mol. The number of rotatable bonds is 3. The number of hydrogen-bond donors (Lipinski definition) is 3. The molecule has 21 heavy (non-hydrogen) atoms. The van der Waals surface area contributed by atoms with Crippen molar-refractivity contribution >= 4 is 49.4 Å². The molecule has 5 N–H and O–H groups in total. The van der Waals surface area contributed by atoms with Gasteiger partial charge < -0.3 is 16.3 Å². The van der Waals surface area contributed by atoms with Gasteiger partial charge in [-0.05, 0) is 50.4 Å². The van der Waals surface area contributed by atoms with Crippen LogP contribution in [0.4, 0.5) is 5.69 Å². The summed E-state index contributed by atoms with van der Waals surface area (Å²) >= 11 is 6.36. The van der Waals surface area contributed by atoms with Gasteiger partial charge in [0.05, 0.1) is 4.47 Å². The average Bonchev–Trinajstić information content (AvgIpc) is 2.79. The molecular weight excluding hydrogens is 406 g/mol. The third-order valence-electron chi connectivity index (χ3n) is 2.74. The summed E-state index contributed by atoms with van der Waals surface area (Å²) < 4.78 is 0.972. The fourth-order valence-electron chi connectivity index (χ4n) is 1.56. The molecule has 110 valence electrons. The van der Waals surface area contributed by atoms with Crippen LogP contribution < -0.4 is 11.5 Å². The number of H-pyrrole nitrogens is 1. The first-order valence-electron chi connectivity index (χ1n) is 5.71. The van der Waals surface area contributed by atoms with Crippen LogP contribution in [0.1, 0.15) is 21.6 Å². The number of aromatic nitrogens is 2. The largest absolute Gasteiger partial charge is 0.398 e. The molecule has 7 nitrogen and oxygen atoms in total. The summed E-state index contributed by atoms with van der Waals surface area (Å²) in [6.45, 7) is 1.80. The van der Waals surface area contributed by atoms with E-state index < -0.39 is 5.97 Å². The van der Waals surface area contributed by atoms with E-state index >= 15 is 0 Å². The second-order valence-electron chi connectivity index (χ2n) is 4.08. The predicted molar refractivity (Wildman–Crippen MR) is 85.7 cm³/mol. The van der Waals surface area contributed by atoms with Gasteiger partial charge in [-0.1, -0.05) is 17.3 Å². The van der Waals surface area contributed by atoms with Gasteiger partial charge >= 0.3 is 5.97 Å². The lowest BCUT2D eigenvalue weighted by molar-refractivity contribution is 0.0508. The van der Waals surface area contributed by atoms with E-state index in [0.717, 1.165) is 5.56 Å². The molecule has 0 saturated heterocycles. The predicted octanol–water partition coefficient (Wildman–Crippen LogP) is 2.30. The van der Waals surface area contributed by atoms with Crippen LogP contribution >= 0.6 is 31.9 Å². The third kappa shape index (κ3) is 3.24. The van der Waals surface area contributed by atoms with Gasteiger partial charge in [0.25, 0.3) is 0 Å². The number of halogens is 2. The van der Waals surface area contributed by atoms with Crippen molar-refractivity contribution in [2.75, 3.05) is 5.73 Å². The van der Waals surface area contributed by atoms with E-state index in [-0.39, 0.29) is 11.5 Å². The minimum absolute atomic E-state index is 0.0545. The highest BCUT2D eigenvalue weighted by Gasteiger charge is 2.18. The zero-order valence-corrected chi connectivity index (χ0v) is 14.0. The number of oxime groups is 1. The van der Waals surface area contributed by atoms with Crippen LogP contribution in [0.25, 0.3) is 0 Å². The first-order chi connectivity index (χ1) is 9.91. The normalized spacial score (nSPS) is 11.5. The number of nitrogens with two attached hydrogens (primary N) is 2. The Hall–Kier alpha value is -1.87. The van der Waals surface area contributed by atoms with Crippen molar-refractivity contribution in [1.82, 2.24) is 10.2 Å². The SMILES string of the molecule is Cc1c(N)cccc1/C(N)=N/OC(=O)c1n[nH]c(Br)c1Br. The summed E-state index contributed by atoms with van der Waals surface area (Å²) in [6, 6.07) is 5.22. The van der Waals surface area contributed by atoms with E-state index in [2.05, 4.69) is 47.2 Å². The van der Waals surface area contributed by atoms with Gasteiger partial charge in [-0.25, -0.2) is 4.79 Å². The number of hydrogen-bond acceptors (Lipinski definition) is 5. The number of nitrogen functional groups attached to an aromatic ring is 1. The molecule has 0 unspecified atom stereocenters. The van der Waals surface area contributed by atoms with Crippen LogP contribution in [0, 0.1) is 6.92 Å². The number of aromatic amines is 1. The van der Waals surface area contributed by atoms with E-state index in [1.54, 1.807) is 25.1 Å². The lowest BCUT2D eigenvalue weighted by Gasteiger charge is -2.06. The molecule has 0 atom stereocenters. The summed E-state index contributed by atoms with van der Waals surface area (Å²) in [6.07, 6.45) is 0. The zero-order valence-electron chi connectivity index (χ0n) is 10.9. The highest BCUT2D eigenvalue weighted by atomic mass is 79.9. The van der Waals surface area contributed by atoms with E-state index in [4.69, 9.17) is 16.3 Å². The van der Waals surface area contributed by atoms with E-state index in [0.29, 0.717) is 20.3 Å². The molecule has 2 rings (SSSR count). The summed E-state index contributed by atoms with van der Waals surface area (Å²) in [5.74, 6) is -0.688. The van der Waals surface area contributed by atoms with Crippen molar-refractivity contribution < 1.29 is 9.63 Å². The van der Waals surface area contributed by atoms with Crippen molar-refractivity contribution in [3.05, 3.63) is 44.1 Å². The van der Waals surface area contributed by atoms with Gasteiger partial charge in [-0.2, -0.15) is 5.10 Å². The van der Waals surface area contributed by atoms with Crippen LogP contribution in [0.15, 0.2) is 32.4 Å². The molecule has 0 aliphatic rings. The Kier molecular flexibility index (Phi) is 4.63. The molecule has 1 aromatic heterocycles. The first-order valence-corrected chi connectivity index (χ1v) is 7.30. The van der Waals surface area contributed by atoms with Crippen molar-refractivity contribution in [2.45, 2.75) is 6.92 Å². The highest BCUT2D eigenvalue weighted by Crippen LogP contribution is 2.24. The van der Waals surface area contributed by atoms with Crippen molar-refractivity contribution in [2.24, 2.45) is 10.9 Å². The Labute approximate surface area is 137 Å². The Morgan fingerprint density at radius 1 is 1.43 bits per heavy atom. The van der Waals surface area contributed by atoms with Crippen LogP contribution in [-0.2, 0) is 4.84 Å². The topological polar surface area (TPSA) is 119 Å². The maximum atomic E-state index is 11.8. The quantitative estimate of drug-likeness (QED) is 0.233. The molecule has 0 aliphatic heterocycles. The Morgan fingerprint density at radius 3 is 2.76 bits per heavy atom. The number of anilines is 1. The standard InChI is InChI=1S/C12H11Br2N5O2/c1-5-6(3-2-4-7(5)15)11(16)19-21-12(20)9-8(13)10(14)18-17-9/h2-4H,15H2,1H3,(H2,16,19)(H,17,18). The van der Waals surface area contributed by atoms with Crippen molar-refractivity contribution in [1.29, 1.82) is 0 Å². The summed E-state index contributed by atoms with van der Waals surface area (Å²) in [7, 11) is 0. The minimum Gasteiger partial charge on any atom is -0.398 e. The van der Waals surface area contributed by atoms with Gasteiger partial charge in [0, 0.05) is 11.3 Å². The lowest BCUT2D eigenvalue weighted by Crippen LogP contribution is -2.17. The average molecular weight is 417 g/mol. The fraction of sp³-hybridized carbons (Fsp3) is 0.0833. The van der Waals surface area contributed by atoms with Crippen molar-refractivity contribution in [3.8, 4) is 0 Å².